The molecule has 326 valence electrons. The zero-order valence-electron chi connectivity index (χ0n) is 37.1. The van der Waals surface area contributed by atoms with E-state index in [1.54, 1.807) is 0 Å². The predicted molar refractivity (Wildman–Crippen MR) is 234 cm³/mol. The predicted octanol–water partition coefficient (Wildman–Crippen LogP) is 12.6. The molecule has 0 saturated carbocycles. The van der Waals surface area contributed by atoms with Gasteiger partial charge >= 0.3 is 17.9 Å². The molecule has 8 nitrogen and oxygen atoms in total. The van der Waals surface area contributed by atoms with Gasteiger partial charge in [-0.2, -0.15) is 0 Å². The molecule has 0 rings (SSSR count). The highest BCUT2D eigenvalue weighted by atomic mass is 16.6. The maximum Gasteiger partial charge on any atom is 0.362 e. The summed E-state index contributed by atoms with van der Waals surface area (Å²) in [5.74, 6) is -1.48. The summed E-state index contributed by atoms with van der Waals surface area (Å²) in [5, 5.41) is 9.62. The van der Waals surface area contributed by atoms with Crippen molar-refractivity contribution >= 4 is 17.9 Å². The Labute approximate surface area is 344 Å². The molecule has 1 N–H and O–H groups in total. The lowest BCUT2D eigenvalue weighted by Gasteiger charge is -2.31. The molecule has 0 aliphatic rings. The van der Waals surface area contributed by atoms with E-state index in [2.05, 4.69) is 50.3 Å². The van der Waals surface area contributed by atoms with Gasteiger partial charge in [0, 0.05) is 19.3 Å². The Hall–Kier alpha value is -2.45. The van der Waals surface area contributed by atoms with Crippen LogP contribution in [-0.2, 0) is 28.6 Å². The van der Waals surface area contributed by atoms with E-state index in [0.29, 0.717) is 19.3 Å². The second-order valence-corrected chi connectivity index (χ2v) is 16.7. The zero-order chi connectivity index (χ0) is 41.4. The van der Waals surface area contributed by atoms with Crippen LogP contribution in [0.5, 0.6) is 0 Å². The zero-order valence-corrected chi connectivity index (χ0v) is 37.1. The molecule has 0 aromatic rings. The molecule has 0 spiro atoms. The van der Waals surface area contributed by atoms with Crippen LogP contribution in [0.25, 0.3) is 0 Å². The molecule has 0 heterocycles. The van der Waals surface area contributed by atoms with Crippen LogP contribution in [0.1, 0.15) is 200 Å². The highest BCUT2D eigenvalue weighted by Crippen LogP contribution is 2.15. The number of carbonyl (C=O) groups excluding carboxylic acids is 2. The van der Waals surface area contributed by atoms with E-state index in [4.69, 9.17) is 14.2 Å². The normalized spacial score (nSPS) is 13.2. The van der Waals surface area contributed by atoms with Crippen LogP contribution in [0.15, 0.2) is 36.5 Å². The molecule has 56 heavy (non-hydrogen) atoms. The van der Waals surface area contributed by atoms with Crippen LogP contribution in [0, 0.1) is 0 Å². The molecular weight excluding hydrogens is 703 g/mol. The molecule has 2 unspecified atom stereocenters. The molecule has 0 aromatic heterocycles. The highest BCUT2D eigenvalue weighted by Gasteiger charge is 2.31. The van der Waals surface area contributed by atoms with Crippen LogP contribution in [0.4, 0.5) is 0 Å². The van der Waals surface area contributed by atoms with Gasteiger partial charge in [0.15, 0.2) is 12.1 Å². The number of carboxylic acids is 1. The highest BCUT2D eigenvalue weighted by molar-refractivity contribution is 5.72. The van der Waals surface area contributed by atoms with Gasteiger partial charge < -0.3 is 23.8 Å². The number of likely N-dealkylation sites (N-methyl/N-ethyl adjacent to an activating group) is 1. The van der Waals surface area contributed by atoms with Gasteiger partial charge in [-0.15, -0.1) is 0 Å². The van der Waals surface area contributed by atoms with Gasteiger partial charge in [0.2, 0.25) is 0 Å². The molecule has 0 bridgehead atoms. The van der Waals surface area contributed by atoms with Crippen molar-refractivity contribution in [2.24, 2.45) is 0 Å². The Morgan fingerprint density at radius 1 is 0.536 bits per heavy atom. The minimum absolute atomic E-state index is 0.0569. The largest absolute Gasteiger partial charge is 0.477 e. The number of unbranched alkanes of at least 4 members (excludes halogenated alkanes) is 23. The van der Waals surface area contributed by atoms with Gasteiger partial charge in [-0.1, -0.05) is 179 Å². The smallest absolute Gasteiger partial charge is 0.362 e. The fourth-order valence-corrected chi connectivity index (χ4v) is 6.74. The second kappa shape index (κ2) is 39.4. The number of nitrogens with zero attached hydrogens (tertiary/aromatic N) is 1. The Kier molecular flexibility index (Phi) is 37.7. The van der Waals surface area contributed by atoms with E-state index in [1.807, 2.05) is 21.1 Å². The quantitative estimate of drug-likeness (QED) is 0.0285. The van der Waals surface area contributed by atoms with E-state index in [1.165, 1.54) is 103 Å². The molecule has 2 atom stereocenters. The topological polar surface area (TPSA) is 99.1 Å². The summed E-state index contributed by atoms with van der Waals surface area (Å²) in [5.41, 5.74) is 0. The van der Waals surface area contributed by atoms with Crippen molar-refractivity contribution in [2.45, 2.75) is 212 Å². The standard InChI is InChI=1S/C48H87NO7/c1-6-8-10-12-14-16-18-20-22-23-24-25-27-28-30-32-34-36-38-46(50)55-43-44(42-54-41-40-45(48(52)53)49(3,4)5)56-47(51)39-37-35-33-31-29-26-21-19-17-15-13-11-9-7-2/h18,20,22-25,44-45H,6-17,19,21,26-43H2,1-5H3/p+1/b20-18+,23-22+,25-24+. The number of carboxylic acid groups (broad SMARTS) is 1. The summed E-state index contributed by atoms with van der Waals surface area (Å²) in [7, 11) is 5.52. The maximum absolute atomic E-state index is 12.7. The van der Waals surface area contributed by atoms with E-state index in [0.717, 1.165) is 64.2 Å². The summed E-state index contributed by atoms with van der Waals surface area (Å²) in [6.07, 6.45) is 44.6. The van der Waals surface area contributed by atoms with Crippen molar-refractivity contribution in [1.29, 1.82) is 0 Å². The fraction of sp³-hybridized carbons (Fsp3) is 0.812. The van der Waals surface area contributed by atoms with Crippen molar-refractivity contribution in [3.8, 4) is 0 Å². The number of ether oxygens (including phenoxy) is 3. The minimum Gasteiger partial charge on any atom is -0.477 e. The van der Waals surface area contributed by atoms with Gasteiger partial charge in [0.1, 0.15) is 6.61 Å². The average molecular weight is 791 g/mol. The van der Waals surface area contributed by atoms with Gasteiger partial charge in [-0.25, -0.2) is 4.79 Å². The SMILES string of the molecule is CCCCCCC/C=C/C=C/C=C/CCCCCCCC(=O)OCC(COCCC(C(=O)O)[N+](C)(C)C)OC(=O)CCCCCCCCCCCCCCCC. The lowest BCUT2D eigenvalue weighted by molar-refractivity contribution is -0.887. The molecule has 0 aromatic carbocycles. The summed E-state index contributed by atoms with van der Waals surface area (Å²) >= 11 is 0. The third kappa shape index (κ3) is 37.1. The molecule has 0 fully saturated rings. The van der Waals surface area contributed by atoms with Gasteiger partial charge in [0.05, 0.1) is 34.4 Å². The summed E-state index contributed by atoms with van der Waals surface area (Å²) in [4.78, 5) is 37.0. The Morgan fingerprint density at radius 2 is 0.946 bits per heavy atom. The number of hydrogen-bond acceptors (Lipinski definition) is 6. The number of hydrogen-bond donors (Lipinski definition) is 1. The molecule has 0 amide bonds. The van der Waals surface area contributed by atoms with Crippen molar-refractivity contribution in [3.05, 3.63) is 36.5 Å². The third-order valence-corrected chi connectivity index (χ3v) is 10.4. The molecule has 0 saturated heterocycles. The van der Waals surface area contributed by atoms with Gasteiger partial charge in [0.25, 0.3) is 0 Å². The number of quaternary nitrogens is 1. The number of carbonyl (C=O) groups is 3. The van der Waals surface area contributed by atoms with E-state index < -0.39 is 18.1 Å². The van der Waals surface area contributed by atoms with Crippen molar-refractivity contribution in [2.75, 3.05) is 41.0 Å². The first kappa shape index (κ1) is 53.6. The summed E-state index contributed by atoms with van der Waals surface area (Å²) in [6, 6.07) is -0.616. The van der Waals surface area contributed by atoms with Gasteiger partial charge in [-0.05, 0) is 38.5 Å². The number of esters is 2. The first-order chi connectivity index (χ1) is 27.1. The molecule has 0 aliphatic carbocycles. The van der Waals surface area contributed by atoms with Crippen molar-refractivity contribution in [3.63, 3.8) is 0 Å². The van der Waals surface area contributed by atoms with Crippen LogP contribution >= 0.6 is 0 Å². The number of allylic oxidation sites excluding steroid dienone is 6. The molecule has 0 aliphatic heterocycles. The summed E-state index contributed by atoms with van der Waals surface area (Å²) in [6.45, 7) is 4.71. The Balaban J connectivity index is 4.35. The lowest BCUT2D eigenvalue weighted by Crippen LogP contribution is -2.50. The maximum atomic E-state index is 12.7. The van der Waals surface area contributed by atoms with Crippen LogP contribution in [-0.4, -0.2) is 80.6 Å². The van der Waals surface area contributed by atoms with Crippen molar-refractivity contribution in [1.82, 2.24) is 0 Å². The Bertz CT molecular complexity index is 1020. The van der Waals surface area contributed by atoms with E-state index in [-0.39, 0.29) is 36.2 Å². The lowest BCUT2D eigenvalue weighted by atomic mass is 10.0. The minimum atomic E-state index is -0.877. The Morgan fingerprint density at radius 3 is 1.38 bits per heavy atom. The van der Waals surface area contributed by atoms with Crippen molar-refractivity contribution < 1.29 is 38.2 Å². The second-order valence-electron chi connectivity index (χ2n) is 16.7. The van der Waals surface area contributed by atoms with Gasteiger partial charge in [-0.3, -0.25) is 9.59 Å². The summed E-state index contributed by atoms with van der Waals surface area (Å²) < 4.78 is 17.3. The third-order valence-electron chi connectivity index (χ3n) is 10.4. The molecule has 0 radical (unpaired) electrons. The fourth-order valence-electron chi connectivity index (χ4n) is 6.74. The first-order valence-electron chi connectivity index (χ1n) is 23.1. The average Bonchev–Trinajstić information content (AvgIpc) is 3.15. The van der Waals surface area contributed by atoms with Crippen LogP contribution in [0.2, 0.25) is 0 Å². The first-order valence-corrected chi connectivity index (χ1v) is 23.1. The van der Waals surface area contributed by atoms with Crippen LogP contribution < -0.4 is 0 Å². The monoisotopic (exact) mass is 791 g/mol. The van der Waals surface area contributed by atoms with E-state index >= 15 is 0 Å². The van der Waals surface area contributed by atoms with E-state index in [9.17, 15) is 19.5 Å². The molecule has 8 heteroatoms. The van der Waals surface area contributed by atoms with Crippen LogP contribution in [0.3, 0.4) is 0 Å². The molecular formula is C48H88NO7+. The number of aliphatic carboxylic acids is 1. The number of rotatable bonds is 41.